The van der Waals surface area contributed by atoms with Gasteiger partial charge in [0.1, 0.15) is 6.10 Å². The van der Waals surface area contributed by atoms with Crippen LogP contribution < -0.4 is 0 Å². The van der Waals surface area contributed by atoms with Crippen molar-refractivity contribution in [2.45, 2.75) is 37.5 Å². The van der Waals surface area contributed by atoms with Crippen LogP contribution in [0.4, 0.5) is 0 Å². The van der Waals surface area contributed by atoms with Crippen molar-refractivity contribution in [2.75, 3.05) is 13.7 Å². The highest BCUT2D eigenvalue weighted by atomic mass is 16.5. The fourth-order valence-electron chi connectivity index (χ4n) is 4.07. The molecule has 2 aliphatic heterocycles. The first-order valence-corrected chi connectivity index (χ1v) is 8.94. The van der Waals surface area contributed by atoms with E-state index in [4.69, 9.17) is 4.74 Å². The van der Waals surface area contributed by atoms with Crippen LogP contribution in [0.15, 0.2) is 72.3 Å². The number of benzene rings is 2. The highest BCUT2D eigenvalue weighted by molar-refractivity contribution is 5.30. The van der Waals surface area contributed by atoms with E-state index >= 15 is 0 Å². The van der Waals surface area contributed by atoms with E-state index in [1.54, 1.807) is 0 Å². The first-order chi connectivity index (χ1) is 11.8. The van der Waals surface area contributed by atoms with Gasteiger partial charge in [-0.05, 0) is 43.0 Å². The van der Waals surface area contributed by atoms with Gasteiger partial charge in [-0.2, -0.15) is 0 Å². The Morgan fingerprint density at radius 2 is 1.58 bits per heavy atom. The van der Waals surface area contributed by atoms with Crippen molar-refractivity contribution in [1.29, 1.82) is 0 Å². The summed E-state index contributed by atoms with van der Waals surface area (Å²) in [5.41, 5.74) is 3.91. The van der Waals surface area contributed by atoms with Gasteiger partial charge in [-0.1, -0.05) is 66.7 Å². The molecule has 0 aromatic heterocycles. The molecule has 0 radical (unpaired) electrons. The maximum Gasteiger partial charge on any atom is 0.108 e. The third kappa shape index (κ3) is 3.17. The predicted molar refractivity (Wildman–Crippen MR) is 98.0 cm³/mol. The summed E-state index contributed by atoms with van der Waals surface area (Å²) >= 11 is 0. The number of ether oxygens (including phenoxy) is 1. The fourth-order valence-corrected chi connectivity index (χ4v) is 4.07. The van der Waals surface area contributed by atoms with Crippen LogP contribution in [0, 0.1) is 0 Å². The second kappa shape index (κ2) is 6.92. The van der Waals surface area contributed by atoms with Crippen LogP contribution in [0.1, 0.15) is 36.5 Å². The molecule has 2 aliphatic rings. The lowest BCUT2D eigenvalue weighted by atomic mass is 10.00. The normalized spacial score (nSPS) is 23.5. The number of rotatable bonds is 5. The van der Waals surface area contributed by atoms with Crippen LogP contribution in [0.2, 0.25) is 0 Å². The van der Waals surface area contributed by atoms with Crippen LogP contribution in [0.3, 0.4) is 0 Å². The standard InChI is InChI=1S/C22H25NO/c1-23-20-12-13-21(23)15-17(14-20)16-24-22(18-8-4-2-5-9-18)19-10-6-3-7-11-19/h2-11,14,20-22H,12-13,15-16H2,1H3. The summed E-state index contributed by atoms with van der Waals surface area (Å²) in [7, 11) is 2.26. The smallest absolute Gasteiger partial charge is 0.108 e. The first-order valence-electron chi connectivity index (χ1n) is 8.94. The van der Waals surface area contributed by atoms with Crippen LogP contribution >= 0.6 is 0 Å². The Hall–Kier alpha value is -1.90. The molecule has 1 fully saturated rings. The average Bonchev–Trinajstić information content (AvgIpc) is 2.85. The van der Waals surface area contributed by atoms with Crippen molar-refractivity contribution in [1.82, 2.24) is 4.90 Å². The monoisotopic (exact) mass is 319 g/mol. The number of fused-ring (bicyclic) bond motifs is 2. The van der Waals surface area contributed by atoms with Crippen molar-refractivity contribution < 1.29 is 4.74 Å². The van der Waals surface area contributed by atoms with Gasteiger partial charge in [0.25, 0.3) is 0 Å². The van der Waals surface area contributed by atoms with E-state index in [-0.39, 0.29) is 6.10 Å². The largest absolute Gasteiger partial charge is 0.364 e. The summed E-state index contributed by atoms with van der Waals surface area (Å²) in [6.45, 7) is 0.731. The van der Waals surface area contributed by atoms with Crippen molar-refractivity contribution in [3.63, 3.8) is 0 Å². The molecule has 2 nitrogen and oxygen atoms in total. The average molecular weight is 319 g/mol. The molecule has 2 unspecified atom stereocenters. The van der Waals surface area contributed by atoms with E-state index in [1.807, 2.05) is 0 Å². The minimum Gasteiger partial charge on any atom is -0.364 e. The second-order valence-electron chi connectivity index (χ2n) is 7.01. The molecule has 0 aliphatic carbocycles. The van der Waals surface area contributed by atoms with E-state index in [9.17, 15) is 0 Å². The molecule has 0 saturated carbocycles. The molecule has 2 aromatic rings. The Morgan fingerprint density at radius 1 is 0.958 bits per heavy atom. The number of likely N-dealkylation sites (N-methyl/N-ethyl adjacent to an activating group) is 1. The third-order valence-corrected chi connectivity index (χ3v) is 5.46. The van der Waals surface area contributed by atoms with Gasteiger partial charge in [0.15, 0.2) is 0 Å². The Balaban J connectivity index is 1.52. The lowest BCUT2D eigenvalue weighted by Crippen LogP contribution is -2.35. The van der Waals surface area contributed by atoms with E-state index < -0.39 is 0 Å². The Bertz CT molecular complexity index is 655. The molecule has 4 rings (SSSR count). The Morgan fingerprint density at radius 3 is 2.17 bits per heavy atom. The van der Waals surface area contributed by atoms with Gasteiger partial charge in [-0.15, -0.1) is 0 Å². The molecule has 0 N–H and O–H groups in total. The minimum absolute atomic E-state index is 0.00519. The van der Waals surface area contributed by atoms with E-state index in [1.165, 1.54) is 29.5 Å². The predicted octanol–water partition coefficient (Wildman–Crippen LogP) is 4.59. The molecule has 124 valence electrons. The number of hydrogen-bond donors (Lipinski definition) is 0. The maximum atomic E-state index is 6.43. The summed E-state index contributed by atoms with van der Waals surface area (Å²) in [5.74, 6) is 0. The summed E-state index contributed by atoms with van der Waals surface area (Å²) in [4.78, 5) is 2.52. The van der Waals surface area contributed by atoms with Crippen molar-refractivity contribution >= 4 is 0 Å². The summed E-state index contributed by atoms with van der Waals surface area (Å²) in [5, 5.41) is 0. The molecule has 2 aromatic carbocycles. The maximum absolute atomic E-state index is 6.43. The summed E-state index contributed by atoms with van der Waals surface area (Å²) in [6.07, 6.45) is 6.22. The highest BCUT2D eigenvalue weighted by Gasteiger charge is 2.33. The van der Waals surface area contributed by atoms with Gasteiger partial charge in [0, 0.05) is 12.1 Å². The molecule has 2 atom stereocenters. The molecular formula is C22H25NO. The number of hydrogen-bond acceptors (Lipinski definition) is 2. The van der Waals surface area contributed by atoms with Crippen molar-refractivity contribution in [3.8, 4) is 0 Å². The SMILES string of the molecule is CN1C2C=C(COC(c3ccccc3)c3ccccc3)CC1CC2. The minimum atomic E-state index is 0.00519. The lowest BCUT2D eigenvalue weighted by molar-refractivity contribution is 0.0926. The zero-order valence-electron chi connectivity index (χ0n) is 14.3. The van der Waals surface area contributed by atoms with Crippen LogP contribution in [0.5, 0.6) is 0 Å². The quantitative estimate of drug-likeness (QED) is 0.748. The van der Waals surface area contributed by atoms with Gasteiger partial charge in [-0.3, -0.25) is 4.90 Å². The van der Waals surface area contributed by atoms with Crippen molar-refractivity contribution in [2.24, 2.45) is 0 Å². The Kier molecular flexibility index (Phi) is 4.50. The van der Waals surface area contributed by atoms with Gasteiger partial charge >= 0.3 is 0 Å². The molecular weight excluding hydrogens is 294 g/mol. The molecule has 24 heavy (non-hydrogen) atoms. The highest BCUT2D eigenvalue weighted by Crippen LogP contribution is 2.34. The number of nitrogens with zero attached hydrogens (tertiary/aromatic N) is 1. The van der Waals surface area contributed by atoms with Gasteiger partial charge in [0.05, 0.1) is 6.61 Å². The lowest BCUT2D eigenvalue weighted by Gasteiger charge is -2.31. The van der Waals surface area contributed by atoms with Gasteiger partial charge in [0.2, 0.25) is 0 Å². The zero-order valence-corrected chi connectivity index (χ0v) is 14.3. The zero-order chi connectivity index (χ0) is 16.4. The first kappa shape index (κ1) is 15.6. The van der Waals surface area contributed by atoms with Crippen LogP contribution in [-0.4, -0.2) is 30.6 Å². The van der Waals surface area contributed by atoms with Gasteiger partial charge < -0.3 is 4.74 Å². The topological polar surface area (TPSA) is 12.5 Å². The van der Waals surface area contributed by atoms with E-state index in [2.05, 4.69) is 78.7 Å². The van der Waals surface area contributed by atoms with Crippen molar-refractivity contribution in [3.05, 3.63) is 83.4 Å². The molecule has 0 amide bonds. The third-order valence-electron chi connectivity index (χ3n) is 5.46. The van der Waals surface area contributed by atoms with E-state index in [0.717, 1.165) is 13.0 Å². The second-order valence-corrected chi connectivity index (χ2v) is 7.01. The van der Waals surface area contributed by atoms with Gasteiger partial charge in [-0.25, -0.2) is 0 Å². The molecule has 2 heteroatoms. The molecule has 2 bridgehead atoms. The molecule has 0 spiro atoms. The fraction of sp³-hybridized carbons (Fsp3) is 0.364. The van der Waals surface area contributed by atoms with Crippen LogP contribution in [-0.2, 0) is 4.74 Å². The van der Waals surface area contributed by atoms with Crippen LogP contribution in [0.25, 0.3) is 0 Å². The van der Waals surface area contributed by atoms with E-state index in [0.29, 0.717) is 12.1 Å². The summed E-state index contributed by atoms with van der Waals surface area (Å²) < 4.78 is 6.43. The molecule has 2 heterocycles. The summed E-state index contributed by atoms with van der Waals surface area (Å²) in [6, 6.07) is 22.4. The Labute approximate surface area is 144 Å². The molecule has 1 saturated heterocycles.